The van der Waals surface area contributed by atoms with Gasteiger partial charge in [-0.3, -0.25) is 0 Å². The number of nitrogens with one attached hydrogen (secondary N) is 1. The van der Waals surface area contributed by atoms with E-state index in [1.807, 2.05) is 12.1 Å². The molecule has 1 aromatic carbocycles. The molecular weight excluding hydrogens is 386 g/mol. The monoisotopic (exact) mass is 396 g/mol. The highest BCUT2D eigenvalue weighted by Gasteiger charge is 2.20. The van der Waals surface area contributed by atoms with Crippen LogP contribution in [0, 0.1) is 11.6 Å². The summed E-state index contributed by atoms with van der Waals surface area (Å²) < 4.78 is 53.8. The second-order valence-corrected chi connectivity index (χ2v) is 8.44. The maximum absolute atomic E-state index is 13.6. The molecule has 0 aliphatic heterocycles. The standard InChI is InChI=1S/C12H11BrF2N2O2S2/c13-12-2-1-7(20-12)3-4-17-21(18,19)11-6-10(16)8(14)5-9(11)15/h1-2,5-6,17H,3-4,16H2. The van der Waals surface area contributed by atoms with Crippen LogP contribution < -0.4 is 10.5 Å². The first-order valence-electron chi connectivity index (χ1n) is 5.78. The van der Waals surface area contributed by atoms with Gasteiger partial charge in [0.2, 0.25) is 10.0 Å². The van der Waals surface area contributed by atoms with Gasteiger partial charge in [-0.2, -0.15) is 0 Å². The zero-order chi connectivity index (χ0) is 15.6. The average Bonchev–Trinajstić information content (AvgIpc) is 2.79. The van der Waals surface area contributed by atoms with Crippen LogP contribution in [0.25, 0.3) is 0 Å². The first-order chi connectivity index (χ1) is 9.79. The van der Waals surface area contributed by atoms with Crippen molar-refractivity contribution in [2.75, 3.05) is 12.3 Å². The van der Waals surface area contributed by atoms with Gasteiger partial charge in [0, 0.05) is 17.5 Å². The summed E-state index contributed by atoms with van der Waals surface area (Å²) in [6, 6.07) is 4.95. The van der Waals surface area contributed by atoms with E-state index in [9.17, 15) is 17.2 Å². The number of thiophene rings is 1. The molecule has 2 rings (SSSR count). The maximum atomic E-state index is 13.6. The lowest BCUT2D eigenvalue weighted by atomic mass is 10.3. The van der Waals surface area contributed by atoms with E-state index >= 15 is 0 Å². The first kappa shape index (κ1) is 16.3. The molecule has 1 heterocycles. The Morgan fingerprint density at radius 2 is 1.95 bits per heavy atom. The molecule has 0 unspecified atom stereocenters. The van der Waals surface area contributed by atoms with Gasteiger partial charge in [0.1, 0.15) is 16.5 Å². The predicted molar refractivity (Wildman–Crippen MR) is 81.7 cm³/mol. The molecule has 2 aromatic rings. The number of rotatable bonds is 5. The Morgan fingerprint density at radius 1 is 1.24 bits per heavy atom. The van der Waals surface area contributed by atoms with E-state index in [2.05, 4.69) is 20.7 Å². The third-order valence-corrected chi connectivity index (χ3v) is 5.79. The van der Waals surface area contributed by atoms with Gasteiger partial charge in [-0.1, -0.05) is 0 Å². The molecule has 0 aliphatic rings. The van der Waals surface area contributed by atoms with Crippen molar-refractivity contribution in [3.63, 3.8) is 0 Å². The lowest BCUT2D eigenvalue weighted by molar-refractivity contribution is 0.545. The van der Waals surface area contributed by atoms with Gasteiger partial charge < -0.3 is 5.73 Å². The summed E-state index contributed by atoms with van der Waals surface area (Å²) in [7, 11) is -4.07. The van der Waals surface area contributed by atoms with Gasteiger partial charge in [-0.05, 0) is 40.5 Å². The minimum absolute atomic E-state index is 0.103. The molecule has 0 spiro atoms. The Labute approximate surface area is 133 Å². The molecular formula is C12H11BrF2N2O2S2. The van der Waals surface area contributed by atoms with Crippen molar-refractivity contribution in [2.45, 2.75) is 11.3 Å². The summed E-state index contributed by atoms with van der Waals surface area (Å²) in [4.78, 5) is 0.317. The van der Waals surface area contributed by atoms with Gasteiger partial charge in [0.15, 0.2) is 0 Å². The largest absolute Gasteiger partial charge is 0.396 e. The van der Waals surface area contributed by atoms with Crippen LogP contribution in [0.5, 0.6) is 0 Å². The molecule has 0 aliphatic carbocycles. The Hall–Kier alpha value is -1.03. The third kappa shape index (κ3) is 4.00. The van der Waals surface area contributed by atoms with E-state index in [-0.39, 0.29) is 6.54 Å². The van der Waals surface area contributed by atoms with Crippen LogP contribution in [0.4, 0.5) is 14.5 Å². The predicted octanol–water partition coefficient (Wildman–Crippen LogP) is 2.89. The average molecular weight is 397 g/mol. The molecule has 0 radical (unpaired) electrons. The number of benzene rings is 1. The number of hydrogen-bond donors (Lipinski definition) is 2. The zero-order valence-electron chi connectivity index (χ0n) is 10.6. The van der Waals surface area contributed by atoms with Crippen LogP contribution in [0.2, 0.25) is 0 Å². The van der Waals surface area contributed by atoms with Crippen molar-refractivity contribution in [3.8, 4) is 0 Å². The molecule has 4 nitrogen and oxygen atoms in total. The molecule has 0 amide bonds. The molecule has 0 fully saturated rings. The Bertz CT molecular complexity index is 763. The van der Waals surface area contributed by atoms with E-state index in [0.717, 1.165) is 14.7 Å². The Kier molecular flexibility index (Phi) is 4.97. The summed E-state index contributed by atoms with van der Waals surface area (Å²) in [5.41, 5.74) is 4.85. The Balaban J connectivity index is 2.10. The highest BCUT2D eigenvalue weighted by Crippen LogP contribution is 2.23. The second-order valence-electron chi connectivity index (χ2n) is 4.16. The highest BCUT2D eigenvalue weighted by molar-refractivity contribution is 9.11. The normalized spacial score (nSPS) is 11.8. The number of nitrogen functional groups attached to an aromatic ring is 1. The topological polar surface area (TPSA) is 72.2 Å². The summed E-state index contributed by atoms with van der Waals surface area (Å²) >= 11 is 4.79. The van der Waals surface area contributed by atoms with Gasteiger partial charge >= 0.3 is 0 Å². The van der Waals surface area contributed by atoms with Gasteiger partial charge in [-0.25, -0.2) is 21.9 Å². The van der Waals surface area contributed by atoms with Crippen molar-refractivity contribution in [2.24, 2.45) is 0 Å². The number of sulfonamides is 1. The van der Waals surface area contributed by atoms with Crippen LogP contribution in [0.1, 0.15) is 4.88 Å². The summed E-state index contributed by atoms with van der Waals surface area (Å²) in [6.07, 6.45) is 0.466. The van der Waals surface area contributed by atoms with E-state index in [1.54, 1.807) is 0 Å². The van der Waals surface area contributed by atoms with E-state index in [0.29, 0.717) is 12.5 Å². The van der Waals surface area contributed by atoms with E-state index in [1.165, 1.54) is 11.3 Å². The molecule has 0 saturated carbocycles. The summed E-state index contributed by atoms with van der Waals surface area (Å²) in [5.74, 6) is -2.16. The van der Waals surface area contributed by atoms with Gasteiger partial charge in [-0.15, -0.1) is 11.3 Å². The van der Waals surface area contributed by atoms with E-state index < -0.39 is 32.2 Å². The van der Waals surface area contributed by atoms with Crippen LogP contribution in [0.15, 0.2) is 32.9 Å². The molecule has 0 bridgehead atoms. The minimum atomic E-state index is -4.07. The molecule has 21 heavy (non-hydrogen) atoms. The lowest BCUT2D eigenvalue weighted by Gasteiger charge is -2.08. The molecule has 0 saturated heterocycles. The zero-order valence-corrected chi connectivity index (χ0v) is 13.8. The molecule has 3 N–H and O–H groups in total. The third-order valence-electron chi connectivity index (χ3n) is 2.63. The number of nitrogens with two attached hydrogens (primary N) is 1. The molecule has 0 atom stereocenters. The van der Waals surface area contributed by atoms with Crippen molar-refractivity contribution >= 4 is 43.0 Å². The maximum Gasteiger partial charge on any atom is 0.243 e. The summed E-state index contributed by atoms with van der Waals surface area (Å²) in [6.45, 7) is 0.103. The number of anilines is 1. The fourth-order valence-electron chi connectivity index (χ4n) is 1.62. The van der Waals surface area contributed by atoms with Crippen LogP contribution in [-0.4, -0.2) is 15.0 Å². The van der Waals surface area contributed by atoms with Crippen LogP contribution in [-0.2, 0) is 16.4 Å². The smallest absolute Gasteiger partial charge is 0.243 e. The Morgan fingerprint density at radius 3 is 2.57 bits per heavy atom. The van der Waals surface area contributed by atoms with Crippen LogP contribution in [0.3, 0.4) is 0 Å². The lowest BCUT2D eigenvalue weighted by Crippen LogP contribution is -2.27. The quantitative estimate of drug-likeness (QED) is 0.763. The SMILES string of the molecule is Nc1cc(S(=O)(=O)NCCc2ccc(Br)s2)c(F)cc1F. The minimum Gasteiger partial charge on any atom is -0.396 e. The molecule has 1 aromatic heterocycles. The van der Waals surface area contributed by atoms with Crippen molar-refractivity contribution in [1.29, 1.82) is 0 Å². The molecule has 114 valence electrons. The van der Waals surface area contributed by atoms with E-state index in [4.69, 9.17) is 5.73 Å². The highest BCUT2D eigenvalue weighted by atomic mass is 79.9. The van der Waals surface area contributed by atoms with Crippen molar-refractivity contribution in [1.82, 2.24) is 4.72 Å². The second kappa shape index (κ2) is 6.39. The van der Waals surface area contributed by atoms with Gasteiger partial charge in [0.25, 0.3) is 0 Å². The fraction of sp³-hybridized carbons (Fsp3) is 0.167. The van der Waals surface area contributed by atoms with Crippen LogP contribution >= 0.6 is 27.3 Å². The van der Waals surface area contributed by atoms with Gasteiger partial charge in [0.05, 0.1) is 9.47 Å². The number of halogens is 3. The first-order valence-corrected chi connectivity index (χ1v) is 8.87. The summed E-state index contributed by atoms with van der Waals surface area (Å²) in [5, 5.41) is 0. The van der Waals surface area contributed by atoms with Crippen molar-refractivity contribution in [3.05, 3.63) is 44.6 Å². The molecule has 9 heteroatoms. The van der Waals surface area contributed by atoms with Crippen molar-refractivity contribution < 1.29 is 17.2 Å². The fourth-order valence-corrected chi connectivity index (χ4v) is 4.23. The number of hydrogen-bond acceptors (Lipinski definition) is 4.